The molecule has 0 saturated heterocycles. The van der Waals surface area contributed by atoms with Gasteiger partial charge in [0.1, 0.15) is 5.75 Å². The van der Waals surface area contributed by atoms with Crippen molar-refractivity contribution < 1.29 is 9.90 Å². The van der Waals surface area contributed by atoms with E-state index in [2.05, 4.69) is 22.3 Å². The van der Waals surface area contributed by atoms with Gasteiger partial charge >= 0.3 is 0 Å². The highest BCUT2D eigenvalue weighted by atomic mass is 16.3. The van der Waals surface area contributed by atoms with E-state index < -0.39 is 0 Å². The highest BCUT2D eigenvalue weighted by molar-refractivity contribution is 5.94. The molecule has 22 heavy (non-hydrogen) atoms. The Labute approximate surface area is 131 Å². The number of hydrogen-bond acceptors (Lipinski definition) is 3. The van der Waals surface area contributed by atoms with Gasteiger partial charge in [0.05, 0.1) is 0 Å². The summed E-state index contributed by atoms with van der Waals surface area (Å²) in [6.45, 7) is 3.27. The standard InChI is InChI=1S/C18H22N2O2/c1-14-9-10-15(13-17(14)21)18(22)19-11-6-12-20(2)16-7-4-3-5-8-16/h3-5,7-10,13,21H,6,11-12H2,1-2H3,(H,19,22). The van der Waals surface area contributed by atoms with Crippen LogP contribution in [0.1, 0.15) is 22.3 Å². The monoisotopic (exact) mass is 298 g/mol. The van der Waals surface area contributed by atoms with Crippen molar-refractivity contribution in [3.8, 4) is 5.75 Å². The van der Waals surface area contributed by atoms with Crippen LogP contribution in [0.15, 0.2) is 48.5 Å². The minimum Gasteiger partial charge on any atom is -0.508 e. The van der Waals surface area contributed by atoms with Gasteiger partial charge in [-0.3, -0.25) is 4.79 Å². The molecular formula is C18H22N2O2. The van der Waals surface area contributed by atoms with Gasteiger partial charge in [-0.2, -0.15) is 0 Å². The van der Waals surface area contributed by atoms with Gasteiger partial charge in [0.15, 0.2) is 0 Å². The number of anilines is 1. The maximum absolute atomic E-state index is 12.0. The van der Waals surface area contributed by atoms with Crippen LogP contribution in [0.2, 0.25) is 0 Å². The fourth-order valence-corrected chi connectivity index (χ4v) is 2.18. The Kier molecular flexibility index (Phi) is 5.42. The van der Waals surface area contributed by atoms with Gasteiger partial charge in [0.25, 0.3) is 5.91 Å². The second kappa shape index (κ2) is 7.50. The van der Waals surface area contributed by atoms with Gasteiger partial charge in [-0.05, 0) is 43.2 Å². The summed E-state index contributed by atoms with van der Waals surface area (Å²) in [5.74, 6) is -0.00544. The van der Waals surface area contributed by atoms with Gasteiger partial charge in [-0.25, -0.2) is 0 Å². The van der Waals surface area contributed by atoms with E-state index in [1.54, 1.807) is 19.1 Å². The molecule has 0 aliphatic carbocycles. The summed E-state index contributed by atoms with van der Waals surface area (Å²) in [7, 11) is 2.04. The molecule has 0 heterocycles. The summed E-state index contributed by atoms with van der Waals surface area (Å²) in [4.78, 5) is 14.1. The maximum atomic E-state index is 12.0. The average molecular weight is 298 g/mol. The number of rotatable bonds is 6. The molecule has 4 heteroatoms. The molecule has 116 valence electrons. The van der Waals surface area contributed by atoms with E-state index in [4.69, 9.17) is 0 Å². The van der Waals surface area contributed by atoms with Crippen LogP contribution in [0.3, 0.4) is 0 Å². The van der Waals surface area contributed by atoms with Gasteiger partial charge in [-0.1, -0.05) is 24.3 Å². The first-order valence-electron chi connectivity index (χ1n) is 7.42. The van der Waals surface area contributed by atoms with Crippen LogP contribution in [0, 0.1) is 6.92 Å². The summed E-state index contributed by atoms with van der Waals surface area (Å²) < 4.78 is 0. The van der Waals surface area contributed by atoms with Crippen molar-refractivity contribution in [2.24, 2.45) is 0 Å². The molecule has 1 amide bonds. The van der Waals surface area contributed by atoms with E-state index in [-0.39, 0.29) is 11.7 Å². The van der Waals surface area contributed by atoms with Gasteiger partial charge < -0.3 is 15.3 Å². The number of nitrogens with zero attached hydrogens (tertiary/aromatic N) is 1. The molecule has 0 spiro atoms. The second-order valence-electron chi connectivity index (χ2n) is 5.37. The Morgan fingerprint density at radius 2 is 1.91 bits per heavy atom. The molecule has 4 nitrogen and oxygen atoms in total. The third kappa shape index (κ3) is 4.25. The molecule has 0 radical (unpaired) electrons. The third-order valence-electron chi connectivity index (χ3n) is 3.62. The summed E-state index contributed by atoms with van der Waals surface area (Å²) in [5, 5.41) is 12.5. The first-order valence-corrected chi connectivity index (χ1v) is 7.42. The number of aryl methyl sites for hydroxylation is 1. The zero-order valence-electron chi connectivity index (χ0n) is 13.0. The number of amides is 1. The lowest BCUT2D eigenvalue weighted by Gasteiger charge is -2.19. The molecule has 0 fully saturated rings. The molecule has 0 saturated carbocycles. The van der Waals surface area contributed by atoms with Crippen LogP contribution < -0.4 is 10.2 Å². The fraction of sp³-hybridized carbons (Fsp3) is 0.278. The smallest absolute Gasteiger partial charge is 0.251 e. The predicted molar refractivity (Wildman–Crippen MR) is 89.5 cm³/mol. The van der Waals surface area contributed by atoms with Crippen LogP contribution in [0.25, 0.3) is 0 Å². The Morgan fingerprint density at radius 3 is 2.59 bits per heavy atom. The minimum absolute atomic E-state index is 0.150. The molecule has 2 aromatic rings. The van der Waals surface area contributed by atoms with Crippen molar-refractivity contribution in [3.05, 3.63) is 59.7 Å². The number of nitrogens with one attached hydrogen (secondary N) is 1. The number of phenols is 1. The Bertz CT molecular complexity index is 626. The first kappa shape index (κ1) is 15.9. The average Bonchev–Trinajstić information content (AvgIpc) is 2.54. The summed E-state index contributed by atoms with van der Waals surface area (Å²) >= 11 is 0. The lowest BCUT2D eigenvalue weighted by atomic mass is 10.1. The topological polar surface area (TPSA) is 52.6 Å². The number of hydrogen-bond donors (Lipinski definition) is 2. The number of carbonyl (C=O) groups is 1. The van der Waals surface area contributed by atoms with E-state index in [9.17, 15) is 9.90 Å². The van der Waals surface area contributed by atoms with Crippen molar-refractivity contribution >= 4 is 11.6 Å². The van der Waals surface area contributed by atoms with E-state index in [0.29, 0.717) is 12.1 Å². The van der Waals surface area contributed by atoms with Crippen molar-refractivity contribution in [2.45, 2.75) is 13.3 Å². The number of para-hydroxylation sites is 1. The van der Waals surface area contributed by atoms with Crippen molar-refractivity contribution in [1.82, 2.24) is 5.32 Å². The molecule has 2 aromatic carbocycles. The fourth-order valence-electron chi connectivity index (χ4n) is 2.18. The van der Waals surface area contributed by atoms with Crippen LogP contribution in [0.5, 0.6) is 5.75 Å². The quantitative estimate of drug-likeness (QED) is 0.806. The third-order valence-corrected chi connectivity index (χ3v) is 3.62. The number of phenolic OH excluding ortho intramolecular Hbond substituents is 1. The van der Waals surface area contributed by atoms with E-state index in [1.807, 2.05) is 25.2 Å². The van der Waals surface area contributed by atoms with E-state index in [0.717, 1.165) is 24.2 Å². The molecule has 0 bridgehead atoms. The largest absolute Gasteiger partial charge is 0.508 e. The molecule has 0 aromatic heterocycles. The SMILES string of the molecule is Cc1ccc(C(=O)NCCCN(C)c2ccccc2)cc1O. The van der Waals surface area contributed by atoms with Gasteiger partial charge in [-0.15, -0.1) is 0 Å². The Morgan fingerprint density at radius 1 is 1.18 bits per heavy atom. The van der Waals surface area contributed by atoms with Crippen LogP contribution >= 0.6 is 0 Å². The van der Waals surface area contributed by atoms with Gasteiger partial charge in [0.2, 0.25) is 0 Å². The Balaban J connectivity index is 1.76. The molecule has 0 unspecified atom stereocenters. The lowest BCUT2D eigenvalue weighted by Crippen LogP contribution is -2.28. The highest BCUT2D eigenvalue weighted by Gasteiger charge is 2.07. The zero-order valence-corrected chi connectivity index (χ0v) is 13.0. The zero-order chi connectivity index (χ0) is 15.9. The summed E-state index contributed by atoms with van der Waals surface area (Å²) in [6, 6.07) is 15.1. The summed E-state index contributed by atoms with van der Waals surface area (Å²) in [5.41, 5.74) is 2.41. The molecule has 2 rings (SSSR count). The normalized spacial score (nSPS) is 10.3. The van der Waals surface area contributed by atoms with Crippen molar-refractivity contribution in [3.63, 3.8) is 0 Å². The van der Waals surface area contributed by atoms with Crippen LogP contribution in [-0.4, -0.2) is 31.2 Å². The first-order chi connectivity index (χ1) is 10.6. The maximum Gasteiger partial charge on any atom is 0.251 e. The molecular weight excluding hydrogens is 276 g/mol. The molecule has 0 aliphatic heterocycles. The van der Waals surface area contributed by atoms with Crippen LogP contribution in [0.4, 0.5) is 5.69 Å². The molecule has 0 atom stereocenters. The Hall–Kier alpha value is -2.49. The van der Waals surface area contributed by atoms with Crippen LogP contribution in [-0.2, 0) is 0 Å². The predicted octanol–water partition coefficient (Wildman–Crippen LogP) is 2.96. The number of carbonyl (C=O) groups excluding carboxylic acids is 1. The molecule has 2 N–H and O–H groups in total. The number of benzene rings is 2. The van der Waals surface area contributed by atoms with Crippen molar-refractivity contribution in [2.75, 3.05) is 25.0 Å². The summed E-state index contributed by atoms with van der Waals surface area (Å²) in [6.07, 6.45) is 0.856. The second-order valence-corrected chi connectivity index (χ2v) is 5.37. The molecule has 0 aliphatic rings. The van der Waals surface area contributed by atoms with E-state index in [1.165, 1.54) is 6.07 Å². The van der Waals surface area contributed by atoms with E-state index >= 15 is 0 Å². The number of aromatic hydroxyl groups is 1. The van der Waals surface area contributed by atoms with Gasteiger partial charge in [0, 0.05) is 31.4 Å². The lowest BCUT2D eigenvalue weighted by molar-refractivity contribution is 0.0953. The minimum atomic E-state index is -0.155. The van der Waals surface area contributed by atoms with Crippen molar-refractivity contribution in [1.29, 1.82) is 0 Å². The highest BCUT2D eigenvalue weighted by Crippen LogP contribution is 2.17.